The summed E-state index contributed by atoms with van der Waals surface area (Å²) in [6, 6.07) is 3.54. The number of nitrogens with one attached hydrogen (secondary N) is 2. The number of hydrogen-bond donors (Lipinski definition) is 2. The van der Waals surface area contributed by atoms with Crippen LogP contribution in [0.1, 0.15) is 18.2 Å². The molecule has 1 aromatic rings. The fourth-order valence-corrected chi connectivity index (χ4v) is 3.65. The zero-order valence-electron chi connectivity index (χ0n) is 9.62. The predicted molar refractivity (Wildman–Crippen MR) is 67.4 cm³/mol. The molecule has 0 aromatic carbocycles. The van der Waals surface area contributed by atoms with Gasteiger partial charge in [-0.15, -0.1) is 11.3 Å². The molecule has 0 atom stereocenters. The summed E-state index contributed by atoms with van der Waals surface area (Å²) in [5.41, 5.74) is 0. The van der Waals surface area contributed by atoms with Gasteiger partial charge in [0, 0.05) is 11.4 Å². The lowest BCUT2D eigenvalue weighted by Gasteiger charge is -2.03. The van der Waals surface area contributed by atoms with E-state index in [1.165, 1.54) is 11.3 Å². The van der Waals surface area contributed by atoms with E-state index >= 15 is 0 Å². The molecule has 1 aromatic heterocycles. The molecule has 1 rings (SSSR count). The highest BCUT2D eigenvalue weighted by molar-refractivity contribution is 7.91. The summed E-state index contributed by atoms with van der Waals surface area (Å²) in [4.78, 5) is 1.09. The van der Waals surface area contributed by atoms with Crippen LogP contribution in [0.5, 0.6) is 0 Å². The third-order valence-corrected chi connectivity index (χ3v) is 5.33. The molecular weight excluding hydrogens is 244 g/mol. The molecule has 0 radical (unpaired) electrons. The van der Waals surface area contributed by atoms with E-state index in [4.69, 9.17) is 0 Å². The molecule has 0 fully saturated rings. The van der Waals surface area contributed by atoms with E-state index in [2.05, 4.69) is 10.0 Å². The minimum atomic E-state index is -3.29. The Balaban J connectivity index is 2.56. The smallest absolute Gasteiger partial charge is 0.250 e. The predicted octanol–water partition coefficient (Wildman–Crippen LogP) is 1.20. The van der Waals surface area contributed by atoms with Crippen molar-refractivity contribution in [3.8, 4) is 0 Å². The molecule has 16 heavy (non-hydrogen) atoms. The highest BCUT2D eigenvalue weighted by Gasteiger charge is 2.15. The fraction of sp³-hybridized carbons (Fsp3) is 0.600. The van der Waals surface area contributed by atoms with Crippen molar-refractivity contribution in [1.82, 2.24) is 10.0 Å². The van der Waals surface area contributed by atoms with Gasteiger partial charge in [-0.2, -0.15) is 0 Å². The molecule has 0 amide bonds. The van der Waals surface area contributed by atoms with E-state index in [1.807, 2.05) is 20.0 Å². The largest absolute Gasteiger partial charge is 0.320 e. The Morgan fingerprint density at radius 1 is 1.31 bits per heavy atom. The molecule has 0 aliphatic carbocycles. The maximum atomic E-state index is 11.8. The quantitative estimate of drug-likeness (QED) is 0.726. The lowest BCUT2D eigenvalue weighted by molar-refractivity contribution is 0.579. The van der Waals surface area contributed by atoms with Crippen LogP contribution in [0.15, 0.2) is 16.3 Å². The van der Waals surface area contributed by atoms with Gasteiger partial charge in [-0.25, -0.2) is 13.1 Å². The molecule has 4 nitrogen and oxygen atoms in total. The zero-order chi connectivity index (χ0) is 12.0. The highest BCUT2D eigenvalue weighted by Crippen LogP contribution is 2.21. The number of rotatable bonds is 7. The Bertz CT molecular complexity index is 412. The van der Waals surface area contributed by atoms with Gasteiger partial charge in [0.2, 0.25) is 10.0 Å². The van der Waals surface area contributed by atoms with E-state index in [1.54, 1.807) is 6.07 Å². The monoisotopic (exact) mass is 262 g/mol. The fourth-order valence-electron chi connectivity index (χ4n) is 1.24. The summed E-state index contributed by atoms with van der Waals surface area (Å²) < 4.78 is 26.6. The van der Waals surface area contributed by atoms with E-state index in [9.17, 15) is 8.42 Å². The van der Waals surface area contributed by atoms with Crippen molar-refractivity contribution >= 4 is 21.4 Å². The summed E-state index contributed by atoms with van der Waals surface area (Å²) in [5.74, 6) is 0. The third-order valence-electron chi connectivity index (χ3n) is 2.15. The summed E-state index contributed by atoms with van der Waals surface area (Å²) in [6.45, 7) is 3.30. The molecule has 0 saturated carbocycles. The summed E-state index contributed by atoms with van der Waals surface area (Å²) in [6.07, 6.45) is 1.67. The van der Waals surface area contributed by atoms with Crippen molar-refractivity contribution < 1.29 is 8.42 Å². The van der Waals surface area contributed by atoms with E-state index in [-0.39, 0.29) is 0 Å². The molecule has 0 bridgehead atoms. The minimum Gasteiger partial charge on any atom is -0.320 e. The van der Waals surface area contributed by atoms with E-state index in [0.717, 1.165) is 24.3 Å². The van der Waals surface area contributed by atoms with Gasteiger partial charge in [-0.05, 0) is 38.6 Å². The molecular formula is C10H18N2O2S2. The van der Waals surface area contributed by atoms with Gasteiger partial charge in [-0.3, -0.25) is 0 Å². The van der Waals surface area contributed by atoms with Crippen molar-refractivity contribution in [1.29, 1.82) is 0 Å². The highest BCUT2D eigenvalue weighted by atomic mass is 32.2. The van der Waals surface area contributed by atoms with Gasteiger partial charge in [0.1, 0.15) is 4.21 Å². The van der Waals surface area contributed by atoms with Crippen LogP contribution < -0.4 is 10.0 Å². The molecule has 2 N–H and O–H groups in total. The van der Waals surface area contributed by atoms with Gasteiger partial charge < -0.3 is 5.32 Å². The number of hydrogen-bond acceptors (Lipinski definition) is 4. The second-order valence-electron chi connectivity index (χ2n) is 3.43. The Morgan fingerprint density at radius 3 is 2.62 bits per heavy atom. The van der Waals surface area contributed by atoms with Gasteiger partial charge in [0.15, 0.2) is 0 Å². The van der Waals surface area contributed by atoms with Crippen LogP contribution in [0, 0.1) is 0 Å². The first kappa shape index (κ1) is 13.6. The minimum absolute atomic E-state index is 0.411. The van der Waals surface area contributed by atoms with E-state index in [0.29, 0.717) is 10.8 Å². The third kappa shape index (κ3) is 3.86. The molecule has 92 valence electrons. The average Bonchev–Trinajstić information content (AvgIpc) is 2.73. The summed E-state index contributed by atoms with van der Waals surface area (Å²) >= 11 is 1.34. The molecule has 0 spiro atoms. The van der Waals surface area contributed by atoms with Gasteiger partial charge in [-0.1, -0.05) is 6.92 Å². The van der Waals surface area contributed by atoms with Crippen LogP contribution in [0.25, 0.3) is 0 Å². The topological polar surface area (TPSA) is 58.2 Å². The van der Waals surface area contributed by atoms with Gasteiger partial charge in [0.05, 0.1) is 0 Å². The van der Waals surface area contributed by atoms with Gasteiger partial charge in [0.25, 0.3) is 0 Å². The molecule has 0 aliphatic heterocycles. The Hall–Kier alpha value is -0.430. The van der Waals surface area contributed by atoms with Crippen molar-refractivity contribution in [3.63, 3.8) is 0 Å². The first-order valence-corrected chi connectivity index (χ1v) is 7.63. The maximum Gasteiger partial charge on any atom is 0.250 e. The maximum absolute atomic E-state index is 11.8. The first-order chi connectivity index (χ1) is 7.60. The van der Waals surface area contributed by atoms with Crippen LogP contribution in [0.2, 0.25) is 0 Å². The number of aryl methyl sites for hydroxylation is 1. The molecule has 0 saturated heterocycles. The van der Waals surface area contributed by atoms with Crippen LogP contribution >= 0.6 is 11.3 Å². The molecule has 1 heterocycles. The lowest BCUT2D eigenvalue weighted by Crippen LogP contribution is -2.26. The Kier molecular flexibility index (Phi) is 5.40. The number of thiophene rings is 1. The Labute approximate surface area is 101 Å². The first-order valence-electron chi connectivity index (χ1n) is 5.33. The van der Waals surface area contributed by atoms with Crippen molar-refractivity contribution in [2.24, 2.45) is 0 Å². The molecule has 6 heteroatoms. The average molecular weight is 262 g/mol. The van der Waals surface area contributed by atoms with Crippen LogP contribution in [-0.2, 0) is 16.4 Å². The van der Waals surface area contributed by atoms with E-state index < -0.39 is 10.0 Å². The number of sulfonamides is 1. The van der Waals surface area contributed by atoms with Crippen LogP contribution in [-0.4, -0.2) is 28.6 Å². The molecule has 0 aliphatic rings. The Morgan fingerprint density at radius 2 is 2.06 bits per heavy atom. The van der Waals surface area contributed by atoms with Crippen molar-refractivity contribution in [2.45, 2.75) is 24.0 Å². The second-order valence-corrected chi connectivity index (χ2v) is 6.59. The van der Waals surface area contributed by atoms with Crippen molar-refractivity contribution in [3.05, 3.63) is 17.0 Å². The van der Waals surface area contributed by atoms with Crippen molar-refractivity contribution in [2.75, 3.05) is 20.1 Å². The standard InChI is InChI=1S/C10H18N2O2S2/c1-3-9-5-6-10(15-9)16(13,14)12-8-4-7-11-2/h5-6,11-12H,3-4,7-8H2,1-2H3. The van der Waals surface area contributed by atoms with Crippen LogP contribution in [0.3, 0.4) is 0 Å². The van der Waals surface area contributed by atoms with Gasteiger partial charge >= 0.3 is 0 Å². The normalized spacial score (nSPS) is 11.9. The second kappa shape index (κ2) is 6.34. The summed E-state index contributed by atoms with van der Waals surface area (Å²) in [7, 11) is -1.44. The van der Waals surface area contributed by atoms with Crippen LogP contribution in [0.4, 0.5) is 0 Å². The molecule has 0 unspecified atom stereocenters. The SMILES string of the molecule is CCc1ccc(S(=O)(=O)NCCCNC)s1. The zero-order valence-corrected chi connectivity index (χ0v) is 11.2. The summed E-state index contributed by atoms with van der Waals surface area (Å²) in [5, 5.41) is 2.97. The lowest BCUT2D eigenvalue weighted by atomic mass is 10.4.